The molecule has 3 heteroatoms. The lowest BCUT2D eigenvalue weighted by atomic mass is 10.1. The molecule has 1 aliphatic heterocycles. The van der Waals surface area contributed by atoms with E-state index in [4.69, 9.17) is 4.74 Å². The van der Waals surface area contributed by atoms with Crippen molar-refractivity contribution in [3.8, 4) is 0 Å². The molecule has 3 nitrogen and oxygen atoms in total. The van der Waals surface area contributed by atoms with Crippen LogP contribution in [0.15, 0.2) is 18.2 Å². The molecule has 0 atom stereocenters. The number of fused-ring (bicyclic) bond motifs is 1. The van der Waals surface area contributed by atoms with E-state index in [9.17, 15) is 4.79 Å². The van der Waals surface area contributed by atoms with Gasteiger partial charge in [-0.3, -0.25) is 0 Å². The number of hydrogen-bond acceptors (Lipinski definition) is 3. The van der Waals surface area contributed by atoms with Crippen molar-refractivity contribution in [1.82, 2.24) is 0 Å². The number of hydrogen-bond donors (Lipinski definition) is 1. The lowest BCUT2D eigenvalue weighted by Crippen LogP contribution is -2.08. The molecular formula is C14H19NO2. The molecule has 17 heavy (non-hydrogen) atoms. The molecule has 0 saturated heterocycles. The van der Waals surface area contributed by atoms with E-state index in [1.807, 2.05) is 18.2 Å². The molecule has 0 amide bonds. The maximum absolute atomic E-state index is 11.8. The zero-order valence-corrected chi connectivity index (χ0v) is 10.5. The smallest absolute Gasteiger partial charge is 0.338 e. The topological polar surface area (TPSA) is 38.3 Å². The summed E-state index contributed by atoms with van der Waals surface area (Å²) in [5, 5.41) is 3.26. The molecular weight excluding hydrogens is 214 g/mol. The van der Waals surface area contributed by atoms with Gasteiger partial charge in [-0.2, -0.15) is 0 Å². The zero-order chi connectivity index (χ0) is 12.3. The molecule has 0 aliphatic carbocycles. The number of esters is 1. The summed E-state index contributed by atoms with van der Waals surface area (Å²) >= 11 is 0. The van der Waals surface area contributed by atoms with Crippen molar-refractivity contribution in [2.75, 3.05) is 18.5 Å². The van der Waals surface area contributed by atoms with Gasteiger partial charge in [0.1, 0.15) is 0 Å². The molecule has 2 rings (SSSR count). The maximum Gasteiger partial charge on any atom is 0.338 e. The Bertz CT molecular complexity index is 413. The summed E-state index contributed by atoms with van der Waals surface area (Å²) in [6.45, 7) is 5.70. The third-order valence-electron chi connectivity index (χ3n) is 2.98. The van der Waals surface area contributed by atoms with Crippen LogP contribution in [0, 0.1) is 5.92 Å². The molecule has 0 aromatic heterocycles. The average molecular weight is 233 g/mol. The van der Waals surface area contributed by atoms with Crippen LogP contribution in [0.25, 0.3) is 0 Å². The molecule has 0 saturated carbocycles. The quantitative estimate of drug-likeness (QED) is 0.813. The van der Waals surface area contributed by atoms with E-state index in [1.54, 1.807) is 0 Å². The van der Waals surface area contributed by atoms with Gasteiger partial charge in [-0.05, 0) is 36.5 Å². The fourth-order valence-electron chi connectivity index (χ4n) is 1.89. The van der Waals surface area contributed by atoms with Crippen molar-refractivity contribution >= 4 is 11.7 Å². The highest BCUT2D eigenvalue weighted by atomic mass is 16.5. The van der Waals surface area contributed by atoms with Gasteiger partial charge < -0.3 is 10.1 Å². The van der Waals surface area contributed by atoms with Crippen LogP contribution in [0.5, 0.6) is 0 Å². The first-order chi connectivity index (χ1) is 8.16. The highest BCUT2D eigenvalue weighted by molar-refractivity contribution is 5.91. The third-order valence-corrected chi connectivity index (χ3v) is 2.98. The number of ether oxygens (including phenoxy) is 1. The van der Waals surface area contributed by atoms with E-state index < -0.39 is 0 Å². The van der Waals surface area contributed by atoms with Gasteiger partial charge in [0.15, 0.2) is 0 Å². The summed E-state index contributed by atoms with van der Waals surface area (Å²) in [5.41, 5.74) is 2.99. The average Bonchev–Trinajstić information content (AvgIpc) is 2.75. The summed E-state index contributed by atoms with van der Waals surface area (Å²) in [4.78, 5) is 11.8. The number of rotatable bonds is 4. The lowest BCUT2D eigenvalue weighted by Gasteiger charge is -2.08. The van der Waals surface area contributed by atoms with Gasteiger partial charge in [0.05, 0.1) is 12.2 Å². The summed E-state index contributed by atoms with van der Waals surface area (Å²) in [5.74, 6) is 0.339. The van der Waals surface area contributed by atoms with Crippen LogP contribution in [-0.4, -0.2) is 19.1 Å². The summed E-state index contributed by atoms with van der Waals surface area (Å²) < 4.78 is 5.23. The summed E-state index contributed by atoms with van der Waals surface area (Å²) in [7, 11) is 0. The second-order valence-electron chi connectivity index (χ2n) is 4.87. The molecule has 0 radical (unpaired) electrons. The van der Waals surface area contributed by atoms with E-state index in [0.717, 1.165) is 25.1 Å². The minimum atomic E-state index is -0.220. The molecule has 1 aliphatic rings. The highest BCUT2D eigenvalue weighted by Gasteiger charge is 2.14. The minimum Gasteiger partial charge on any atom is -0.462 e. The van der Waals surface area contributed by atoms with Gasteiger partial charge in [-0.15, -0.1) is 0 Å². The molecule has 0 bridgehead atoms. The highest BCUT2D eigenvalue weighted by Crippen LogP contribution is 2.23. The second-order valence-corrected chi connectivity index (χ2v) is 4.87. The fraction of sp³-hybridized carbons (Fsp3) is 0.500. The van der Waals surface area contributed by atoms with E-state index in [-0.39, 0.29) is 5.97 Å². The van der Waals surface area contributed by atoms with Crippen molar-refractivity contribution in [2.45, 2.75) is 26.7 Å². The van der Waals surface area contributed by atoms with Crippen LogP contribution >= 0.6 is 0 Å². The summed E-state index contributed by atoms with van der Waals surface area (Å²) in [6.07, 6.45) is 1.95. The molecule has 0 spiro atoms. The predicted molar refractivity (Wildman–Crippen MR) is 68.4 cm³/mol. The van der Waals surface area contributed by atoms with Crippen molar-refractivity contribution in [1.29, 1.82) is 0 Å². The van der Waals surface area contributed by atoms with Crippen LogP contribution in [0.4, 0.5) is 5.69 Å². The van der Waals surface area contributed by atoms with Gasteiger partial charge >= 0.3 is 5.97 Å². The number of carbonyl (C=O) groups excluding carboxylic acids is 1. The van der Waals surface area contributed by atoms with Gasteiger partial charge in [0, 0.05) is 12.2 Å². The summed E-state index contributed by atoms with van der Waals surface area (Å²) in [6, 6.07) is 5.75. The van der Waals surface area contributed by atoms with Crippen LogP contribution in [0.3, 0.4) is 0 Å². The number of nitrogens with one attached hydrogen (secondary N) is 1. The van der Waals surface area contributed by atoms with Crippen LogP contribution < -0.4 is 5.32 Å². The monoisotopic (exact) mass is 233 g/mol. The Morgan fingerprint density at radius 3 is 3.06 bits per heavy atom. The van der Waals surface area contributed by atoms with Crippen LogP contribution in [-0.2, 0) is 11.2 Å². The van der Waals surface area contributed by atoms with Crippen molar-refractivity contribution in [2.24, 2.45) is 5.92 Å². The SMILES string of the molecule is CC(C)CCOC(=O)c1ccc2c(c1)NCC2. The van der Waals surface area contributed by atoms with E-state index in [1.165, 1.54) is 5.56 Å². The Morgan fingerprint density at radius 1 is 1.47 bits per heavy atom. The molecule has 1 aromatic carbocycles. The van der Waals surface area contributed by atoms with Gasteiger partial charge in [0.2, 0.25) is 0 Å². The first kappa shape index (κ1) is 12.0. The Hall–Kier alpha value is -1.51. The predicted octanol–water partition coefficient (Wildman–Crippen LogP) is 2.86. The van der Waals surface area contributed by atoms with E-state index >= 15 is 0 Å². The zero-order valence-electron chi connectivity index (χ0n) is 10.5. The standard InChI is InChI=1S/C14H19NO2/c1-10(2)6-8-17-14(16)12-4-3-11-5-7-15-13(11)9-12/h3-4,9-10,15H,5-8H2,1-2H3. The molecule has 0 unspecified atom stereocenters. The molecule has 1 aromatic rings. The van der Waals surface area contributed by atoms with Gasteiger partial charge in [-0.1, -0.05) is 19.9 Å². The normalized spacial score (nSPS) is 13.4. The van der Waals surface area contributed by atoms with Crippen molar-refractivity contribution < 1.29 is 9.53 Å². The lowest BCUT2D eigenvalue weighted by molar-refractivity contribution is 0.0488. The number of anilines is 1. The first-order valence-electron chi connectivity index (χ1n) is 6.21. The largest absolute Gasteiger partial charge is 0.462 e. The van der Waals surface area contributed by atoms with Crippen LogP contribution in [0.1, 0.15) is 36.2 Å². The Balaban J connectivity index is 1.95. The first-order valence-corrected chi connectivity index (χ1v) is 6.21. The van der Waals surface area contributed by atoms with Crippen molar-refractivity contribution in [3.05, 3.63) is 29.3 Å². The maximum atomic E-state index is 11.8. The third kappa shape index (κ3) is 2.99. The number of benzene rings is 1. The molecule has 1 heterocycles. The Labute approximate surface area is 102 Å². The van der Waals surface area contributed by atoms with Gasteiger partial charge in [0.25, 0.3) is 0 Å². The van der Waals surface area contributed by atoms with Crippen molar-refractivity contribution in [3.63, 3.8) is 0 Å². The molecule has 0 fully saturated rings. The fourth-order valence-corrected chi connectivity index (χ4v) is 1.89. The molecule has 1 N–H and O–H groups in total. The minimum absolute atomic E-state index is 0.220. The molecule has 92 valence electrons. The second kappa shape index (κ2) is 5.21. The Morgan fingerprint density at radius 2 is 2.29 bits per heavy atom. The van der Waals surface area contributed by atoms with E-state index in [0.29, 0.717) is 18.1 Å². The Kier molecular flexibility index (Phi) is 3.67. The number of carbonyl (C=O) groups is 1. The van der Waals surface area contributed by atoms with Crippen LogP contribution in [0.2, 0.25) is 0 Å². The van der Waals surface area contributed by atoms with Gasteiger partial charge in [-0.25, -0.2) is 4.79 Å². The van der Waals surface area contributed by atoms with E-state index in [2.05, 4.69) is 19.2 Å².